The van der Waals surface area contributed by atoms with Crippen LogP contribution in [0.1, 0.15) is 12.8 Å². The number of hydrazone groups is 1. The minimum absolute atomic E-state index is 0. The Balaban J connectivity index is 0. The maximum atomic E-state index is 8.83. The van der Waals surface area contributed by atoms with Gasteiger partial charge in [-0.05, 0) is 18.9 Å². The van der Waals surface area contributed by atoms with Gasteiger partial charge in [0.05, 0.1) is 5.71 Å². The lowest BCUT2D eigenvalue weighted by molar-refractivity contribution is -0.124. The van der Waals surface area contributed by atoms with E-state index < -0.39 is 0 Å². The zero-order valence-electron chi connectivity index (χ0n) is 7.11. The van der Waals surface area contributed by atoms with Crippen molar-refractivity contribution in [3.05, 3.63) is 12.3 Å². The van der Waals surface area contributed by atoms with Crippen molar-refractivity contribution in [1.82, 2.24) is 16.9 Å². The average molecular weight is 229 g/mol. The molecule has 13 heavy (non-hydrogen) atoms. The van der Waals surface area contributed by atoms with Crippen LogP contribution in [0.3, 0.4) is 0 Å². The van der Waals surface area contributed by atoms with Crippen molar-refractivity contribution in [2.24, 2.45) is 5.10 Å². The van der Waals surface area contributed by atoms with Gasteiger partial charge in [-0.25, -0.2) is 0 Å². The van der Waals surface area contributed by atoms with Gasteiger partial charge in [0.1, 0.15) is 0 Å². The van der Waals surface area contributed by atoms with E-state index in [1.54, 1.807) is 12.3 Å². The normalized spacial score (nSPS) is 13.7. The van der Waals surface area contributed by atoms with Gasteiger partial charge in [0.15, 0.2) is 0 Å². The highest BCUT2D eigenvalue weighted by Crippen LogP contribution is 2.00. The van der Waals surface area contributed by atoms with E-state index in [0.29, 0.717) is 11.2 Å². The van der Waals surface area contributed by atoms with Crippen LogP contribution in [0.25, 0.3) is 0 Å². The summed E-state index contributed by atoms with van der Waals surface area (Å²) in [6.07, 6.45) is 5.09. The molecule has 0 spiro atoms. The molecule has 5 N–H and O–H groups in total. The van der Waals surface area contributed by atoms with Crippen molar-refractivity contribution in [2.75, 3.05) is 5.88 Å². The topological polar surface area (TPSA) is 82.9 Å². The summed E-state index contributed by atoms with van der Waals surface area (Å²) in [5, 5.41) is 13.3. The molecule has 0 fully saturated rings. The van der Waals surface area contributed by atoms with Crippen LogP contribution in [0.5, 0.6) is 0 Å². The van der Waals surface area contributed by atoms with Crippen molar-refractivity contribution in [3.8, 4) is 0 Å². The molecule has 0 aliphatic carbocycles. The largest absolute Gasteiger partial charge is 0.344 e. The monoisotopic (exact) mass is 228 g/mol. The molecular weight excluding hydrogens is 215 g/mol. The van der Waals surface area contributed by atoms with Gasteiger partial charge in [-0.1, -0.05) is 5.28 Å². The Morgan fingerprint density at radius 2 is 2.31 bits per heavy atom. The summed E-state index contributed by atoms with van der Waals surface area (Å²) in [6.45, 7) is 0. The van der Waals surface area contributed by atoms with Gasteiger partial charge in [0, 0.05) is 12.1 Å². The third-order valence-electron chi connectivity index (χ3n) is 1.26. The van der Waals surface area contributed by atoms with Gasteiger partial charge in [-0.15, -0.1) is 29.1 Å². The first kappa shape index (κ1) is 15.0. The predicted octanol–water partition coefficient (Wildman–Crippen LogP) is 1.67. The van der Waals surface area contributed by atoms with E-state index in [1.807, 2.05) is 0 Å². The van der Waals surface area contributed by atoms with Gasteiger partial charge in [-0.2, -0.15) is 0 Å². The highest BCUT2D eigenvalue weighted by molar-refractivity contribution is 6.18. The molecule has 1 heterocycles. The minimum Gasteiger partial charge on any atom is -0.344 e. The Morgan fingerprint density at radius 1 is 1.62 bits per heavy atom. The summed E-state index contributed by atoms with van der Waals surface area (Å²) in [5.41, 5.74) is 3.30. The molecular formula is C6H14Cl2N4O. The van der Waals surface area contributed by atoms with Crippen LogP contribution in [0.4, 0.5) is 0 Å². The molecule has 1 aliphatic rings. The van der Waals surface area contributed by atoms with Crippen molar-refractivity contribution in [3.63, 3.8) is 0 Å². The average Bonchev–Trinajstić information content (AvgIpc) is 2.01. The third-order valence-corrected chi connectivity index (χ3v) is 1.52. The van der Waals surface area contributed by atoms with E-state index in [4.69, 9.17) is 16.8 Å². The summed E-state index contributed by atoms with van der Waals surface area (Å²) < 4.78 is 0. The SMILES string of the molecule is Cl.N.ON1N=C(CCCCl)C=CN1. The number of allylic oxidation sites excluding steroid dienone is 1. The zero-order valence-corrected chi connectivity index (χ0v) is 8.68. The van der Waals surface area contributed by atoms with Crippen LogP contribution in [0.2, 0.25) is 0 Å². The number of hydrogen-bond donors (Lipinski definition) is 3. The Morgan fingerprint density at radius 3 is 2.85 bits per heavy atom. The van der Waals surface area contributed by atoms with E-state index in [1.165, 1.54) is 0 Å². The summed E-state index contributed by atoms with van der Waals surface area (Å²) in [5.74, 6) is 0.617. The van der Waals surface area contributed by atoms with Gasteiger partial charge in [-0.3, -0.25) is 10.6 Å². The van der Waals surface area contributed by atoms with Crippen LogP contribution in [-0.2, 0) is 0 Å². The second kappa shape index (κ2) is 8.12. The molecule has 0 aromatic carbocycles. The number of hydrogen-bond acceptors (Lipinski definition) is 5. The molecule has 0 saturated heterocycles. The quantitative estimate of drug-likeness (QED) is 0.643. The van der Waals surface area contributed by atoms with E-state index in [0.717, 1.165) is 18.6 Å². The molecule has 0 atom stereocenters. The maximum Gasteiger partial charge on any atom is 0.0667 e. The first-order valence-corrected chi connectivity index (χ1v) is 3.91. The third kappa shape index (κ3) is 5.70. The van der Waals surface area contributed by atoms with Crippen molar-refractivity contribution < 1.29 is 5.21 Å². The lowest BCUT2D eigenvalue weighted by Gasteiger charge is -2.14. The Hall–Kier alpha value is -0.490. The van der Waals surface area contributed by atoms with E-state index >= 15 is 0 Å². The molecule has 0 bridgehead atoms. The van der Waals surface area contributed by atoms with Crippen molar-refractivity contribution >= 4 is 29.7 Å². The molecule has 1 aliphatic heterocycles. The summed E-state index contributed by atoms with van der Waals surface area (Å²) in [4.78, 5) is 0. The van der Waals surface area contributed by atoms with Crippen LogP contribution < -0.4 is 11.6 Å². The maximum absolute atomic E-state index is 8.83. The van der Waals surface area contributed by atoms with Crippen LogP contribution in [0, 0.1) is 0 Å². The Bertz CT molecular complexity index is 185. The smallest absolute Gasteiger partial charge is 0.0667 e. The Labute approximate surface area is 88.4 Å². The van der Waals surface area contributed by atoms with E-state index in [2.05, 4.69) is 10.5 Å². The highest BCUT2D eigenvalue weighted by atomic mass is 35.5. The molecule has 0 radical (unpaired) electrons. The fraction of sp³-hybridized carbons (Fsp3) is 0.500. The number of rotatable bonds is 3. The Kier molecular flexibility index (Phi) is 9.38. The second-order valence-electron chi connectivity index (χ2n) is 2.14. The number of nitrogens with zero attached hydrogens (tertiary/aromatic N) is 2. The number of alkyl halides is 1. The van der Waals surface area contributed by atoms with E-state index in [-0.39, 0.29) is 18.6 Å². The first-order chi connectivity index (χ1) is 5.33. The standard InChI is InChI=1S/C6H10ClN3O.ClH.H3N/c7-4-1-2-6-3-5-8-10(11)9-6;;/h3,5,8,11H,1-2,4H2;1H;1H3. The zero-order chi connectivity index (χ0) is 8.10. The molecule has 0 aromatic rings. The molecule has 5 nitrogen and oxygen atoms in total. The van der Waals surface area contributed by atoms with Crippen molar-refractivity contribution in [2.45, 2.75) is 12.8 Å². The van der Waals surface area contributed by atoms with Crippen LogP contribution in [0.15, 0.2) is 17.4 Å². The number of halogens is 2. The number of nitrogens with one attached hydrogen (secondary N) is 1. The van der Waals surface area contributed by atoms with Crippen LogP contribution >= 0.6 is 24.0 Å². The predicted molar refractivity (Wildman–Crippen MR) is 55.6 cm³/mol. The van der Waals surface area contributed by atoms with Crippen molar-refractivity contribution in [1.29, 1.82) is 0 Å². The van der Waals surface area contributed by atoms with Gasteiger partial charge >= 0.3 is 0 Å². The molecule has 7 heteroatoms. The van der Waals surface area contributed by atoms with E-state index in [9.17, 15) is 0 Å². The summed E-state index contributed by atoms with van der Waals surface area (Å²) >= 11 is 5.49. The first-order valence-electron chi connectivity index (χ1n) is 3.38. The molecule has 0 saturated carbocycles. The van der Waals surface area contributed by atoms with Gasteiger partial charge in [0.25, 0.3) is 0 Å². The molecule has 0 unspecified atom stereocenters. The fourth-order valence-electron chi connectivity index (χ4n) is 0.765. The summed E-state index contributed by atoms with van der Waals surface area (Å²) in [6, 6.07) is 0. The lowest BCUT2D eigenvalue weighted by Crippen LogP contribution is -2.29. The minimum atomic E-state index is 0. The molecule has 1 rings (SSSR count). The molecule has 0 amide bonds. The molecule has 78 valence electrons. The highest BCUT2D eigenvalue weighted by Gasteiger charge is 2.01. The van der Waals surface area contributed by atoms with Gasteiger partial charge in [0.2, 0.25) is 0 Å². The van der Waals surface area contributed by atoms with Crippen LogP contribution in [-0.4, -0.2) is 22.1 Å². The second-order valence-corrected chi connectivity index (χ2v) is 2.51. The van der Waals surface area contributed by atoms with Gasteiger partial charge < -0.3 is 6.15 Å². The summed E-state index contributed by atoms with van der Waals surface area (Å²) in [7, 11) is 0. The molecule has 0 aromatic heterocycles. The lowest BCUT2D eigenvalue weighted by atomic mass is 10.2. The number of hydrazine groups is 1. The fourth-order valence-corrected chi connectivity index (χ4v) is 0.899.